The molecule has 60 heavy (non-hydrogen) atoms. The van der Waals surface area contributed by atoms with Crippen molar-refractivity contribution in [2.45, 2.75) is 130 Å². The lowest BCUT2D eigenvalue weighted by Crippen LogP contribution is -2.59. The highest BCUT2D eigenvalue weighted by Gasteiger charge is 2.43. The molecule has 5 amide bonds. The van der Waals surface area contributed by atoms with Gasteiger partial charge in [-0.3, -0.25) is 28.9 Å². The number of carbonyl (C=O) groups excluding carboxylic acids is 5. The third kappa shape index (κ3) is 13.4. The Morgan fingerprint density at radius 2 is 1.60 bits per heavy atom. The lowest BCUT2D eigenvalue weighted by Gasteiger charge is -2.41. The van der Waals surface area contributed by atoms with E-state index in [1.165, 1.54) is 18.4 Å². The van der Waals surface area contributed by atoms with Crippen molar-refractivity contribution in [3.8, 4) is 0 Å². The van der Waals surface area contributed by atoms with Crippen LogP contribution in [0.25, 0.3) is 0 Å². The number of anilines is 1. The molecular formula is C44H72N8O7S. The van der Waals surface area contributed by atoms with Gasteiger partial charge in [0, 0.05) is 58.0 Å². The van der Waals surface area contributed by atoms with Crippen LogP contribution in [0.1, 0.15) is 84.7 Å². The molecule has 0 spiro atoms. The molecule has 1 aromatic carbocycles. The zero-order valence-electron chi connectivity index (χ0n) is 37.9. The largest absolute Gasteiger partial charge is 0.399 e. The van der Waals surface area contributed by atoms with Crippen molar-refractivity contribution in [3.05, 3.63) is 46.4 Å². The van der Waals surface area contributed by atoms with Crippen LogP contribution in [0, 0.1) is 23.7 Å². The summed E-state index contributed by atoms with van der Waals surface area (Å²) in [5, 5.41) is 11.4. The van der Waals surface area contributed by atoms with E-state index in [1.807, 2.05) is 78.1 Å². The van der Waals surface area contributed by atoms with Crippen molar-refractivity contribution in [2.75, 3.05) is 47.6 Å². The lowest BCUT2D eigenvalue weighted by atomic mass is 9.89. The van der Waals surface area contributed by atoms with Crippen molar-refractivity contribution in [1.29, 1.82) is 0 Å². The number of methoxy groups -OCH3 is 2. The van der Waals surface area contributed by atoms with E-state index in [0.29, 0.717) is 23.7 Å². The van der Waals surface area contributed by atoms with Gasteiger partial charge in [0.25, 0.3) is 0 Å². The van der Waals surface area contributed by atoms with Crippen molar-refractivity contribution in [3.63, 3.8) is 0 Å². The number of amides is 5. The fraction of sp³-hybridized carbons (Fsp3) is 0.682. The van der Waals surface area contributed by atoms with Crippen molar-refractivity contribution in [2.24, 2.45) is 23.7 Å². The number of nitrogens with zero attached hydrogens (tertiary/aromatic N) is 4. The molecule has 336 valence electrons. The number of hydrogen-bond acceptors (Lipinski definition) is 11. The number of benzene rings is 1. The first-order valence-corrected chi connectivity index (χ1v) is 22.1. The second-order valence-electron chi connectivity index (χ2n) is 17.1. The van der Waals surface area contributed by atoms with Gasteiger partial charge in [0.05, 0.1) is 47.7 Å². The van der Waals surface area contributed by atoms with Gasteiger partial charge < -0.3 is 41.0 Å². The highest BCUT2D eigenvalue weighted by atomic mass is 32.1. The Labute approximate surface area is 361 Å². The summed E-state index contributed by atoms with van der Waals surface area (Å²) in [7, 11) is 8.51. The molecule has 1 aliphatic heterocycles. The molecule has 0 unspecified atom stereocenters. The molecule has 15 nitrogen and oxygen atoms in total. The molecule has 0 radical (unpaired) electrons. The molecule has 0 aliphatic carbocycles. The van der Waals surface area contributed by atoms with Gasteiger partial charge in [-0.25, -0.2) is 4.98 Å². The molecule has 1 fully saturated rings. The van der Waals surface area contributed by atoms with Gasteiger partial charge in [0.15, 0.2) is 0 Å². The maximum absolute atomic E-state index is 14.3. The van der Waals surface area contributed by atoms with Gasteiger partial charge in [-0.2, -0.15) is 0 Å². The molecule has 1 saturated heterocycles. The Bertz CT molecular complexity index is 1670. The van der Waals surface area contributed by atoms with Crippen LogP contribution >= 0.6 is 11.3 Å². The van der Waals surface area contributed by atoms with E-state index in [-0.39, 0.29) is 66.7 Å². The molecule has 0 bridgehead atoms. The third-order valence-electron chi connectivity index (χ3n) is 11.9. The van der Waals surface area contributed by atoms with Gasteiger partial charge in [0.2, 0.25) is 29.5 Å². The topological polar surface area (TPSA) is 189 Å². The number of rotatable bonds is 23. The van der Waals surface area contributed by atoms with Gasteiger partial charge in [0.1, 0.15) is 12.1 Å². The van der Waals surface area contributed by atoms with Crippen LogP contribution in [0.4, 0.5) is 5.69 Å². The Hall–Kier alpha value is -4.12. The summed E-state index contributed by atoms with van der Waals surface area (Å²) in [5.41, 5.74) is 7.30. The normalized spacial score (nSPS) is 18.3. The Balaban J connectivity index is 1.78. The van der Waals surface area contributed by atoms with E-state index < -0.39 is 48.3 Å². The van der Waals surface area contributed by atoms with Crippen LogP contribution in [0.3, 0.4) is 0 Å². The Morgan fingerprint density at radius 1 is 0.933 bits per heavy atom. The van der Waals surface area contributed by atoms with Crippen LogP contribution in [0.2, 0.25) is 0 Å². The number of hydrogen-bond donors (Lipinski definition) is 4. The number of ether oxygens (including phenoxy) is 2. The highest BCUT2D eigenvalue weighted by molar-refractivity contribution is 7.09. The summed E-state index contributed by atoms with van der Waals surface area (Å²) < 4.78 is 12.0. The molecule has 9 atom stereocenters. The van der Waals surface area contributed by atoms with Crippen LogP contribution in [0.15, 0.2) is 35.8 Å². The second kappa shape index (κ2) is 23.8. The summed E-state index contributed by atoms with van der Waals surface area (Å²) in [6.45, 7) is 14.3. The van der Waals surface area contributed by atoms with E-state index in [4.69, 9.17) is 15.2 Å². The van der Waals surface area contributed by atoms with E-state index in [9.17, 15) is 24.0 Å². The zero-order chi connectivity index (χ0) is 44.8. The van der Waals surface area contributed by atoms with Gasteiger partial charge in [-0.1, -0.05) is 67.0 Å². The van der Waals surface area contributed by atoms with Crippen molar-refractivity contribution < 1.29 is 33.4 Å². The summed E-state index contributed by atoms with van der Waals surface area (Å²) >= 11 is 1.40. The standard InChI is InChI=1S/C44H72N8O7S/c1-13-28(6)39(51(10)44(57)37(26(2)3)49-43(56)38(27(4)5)50(8)9)34(58-11)24-36(53)52-21-14-15-33(52)40(59-12)29(7)41(54)48-32(23-35-46-20-22-60-35)42(55)47-25-30-16-18-31(45)19-17-30/h16-20,22,26-29,32-34,37-40H,13-15,21,23-25,45H2,1-12H3,(H,47,55)(H,48,54)(H,49,56)/t28-,29+,32-,33-,34+,37-,38-,39-,40+/m0/s1. The van der Waals surface area contributed by atoms with Crippen molar-refractivity contribution in [1.82, 2.24) is 35.6 Å². The summed E-state index contributed by atoms with van der Waals surface area (Å²) in [6.07, 6.45) is 2.60. The minimum absolute atomic E-state index is 0.00450. The summed E-state index contributed by atoms with van der Waals surface area (Å²) in [4.78, 5) is 79.3. The number of likely N-dealkylation sites (N-methyl/N-ethyl adjacent to an activating group) is 2. The predicted molar refractivity (Wildman–Crippen MR) is 236 cm³/mol. The number of nitrogens with two attached hydrogens (primary N) is 1. The maximum atomic E-state index is 14.3. The maximum Gasteiger partial charge on any atom is 0.245 e. The Morgan fingerprint density at radius 3 is 2.13 bits per heavy atom. The number of likely N-dealkylation sites (tertiary alicyclic amines) is 1. The summed E-state index contributed by atoms with van der Waals surface area (Å²) in [6, 6.07) is 4.22. The average molecular weight is 857 g/mol. The molecule has 1 aromatic heterocycles. The van der Waals surface area contributed by atoms with Crippen molar-refractivity contribution >= 4 is 46.6 Å². The lowest BCUT2D eigenvalue weighted by molar-refractivity contribution is -0.148. The number of thiazole rings is 1. The van der Waals surface area contributed by atoms with Gasteiger partial charge in [-0.05, 0) is 62.4 Å². The van der Waals surface area contributed by atoms with Crippen LogP contribution in [-0.2, 0) is 46.4 Å². The van der Waals surface area contributed by atoms with Gasteiger partial charge >= 0.3 is 0 Å². The summed E-state index contributed by atoms with van der Waals surface area (Å²) in [5.74, 6) is -2.29. The molecule has 5 N–H and O–H groups in total. The van der Waals surface area contributed by atoms with Crippen LogP contribution in [0.5, 0.6) is 0 Å². The first-order chi connectivity index (χ1) is 28.4. The molecule has 0 saturated carbocycles. The Kier molecular flexibility index (Phi) is 19.9. The zero-order valence-corrected chi connectivity index (χ0v) is 38.7. The smallest absolute Gasteiger partial charge is 0.245 e. The first kappa shape index (κ1) is 50.2. The molecule has 16 heteroatoms. The fourth-order valence-corrected chi connectivity index (χ4v) is 9.06. The second-order valence-corrected chi connectivity index (χ2v) is 18.1. The molecular weight excluding hydrogens is 785 g/mol. The molecule has 3 rings (SSSR count). The third-order valence-corrected chi connectivity index (χ3v) is 12.7. The first-order valence-electron chi connectivity index (χ1n) is 21.3. The van der Waals surface area contributed by atoms with Crippen LogP contribution in [-0.4, -0.2) is 134 Å². The minimum atomic E-state index is -0.897. The van der Waals surface area contributed by atoms with Crippen LogP contribution < -0.4 is 21.7 Å². The predicted octanol–water partition coefficient (Wildman–Crippen LogP) is 3.72. The fourth-order valence-electron chi connectivity index (χ4n) is 8.40. The SMILES string of the molecule is CC[C@H](C)[C@@H]([C@@H](CC(=O)N1CCC[C@H]1[C@H](OC)[C@@H](C)C(=O)N[C@@H](Cc1nccs1)C(=O)NCc1ccc(N)cc1)OC)N(C)C(=O)[C@@H](NC(=O)[C@H](C(C)C)N(C)C)C(C)C. The monoisotopic (exact) mass is 857 g/mol. The van der Waals surface area contributed by atoms with Gasteiger partial charge in [-0.15, -0.1) is 11.3 Å². The van der Waals surface area contributed by atoms with E-state index in [0.717, 1.165) is 18.4 Å². The number of aromatic nitrogens is 1. The van der Waals surface area contributed by atoms with E-state index >= 15 is 0 Å². The average Bonchev–Trinajstić information content (AvgIpc) is 3.91. The molecule has 2 aromatic rings. The molecule has 2 heterocycles. The number of nitrogen functional groups attached to an aromatic ring is 1. The molecule has 1 aliphatic rings. The minimum Gasteiger partial charge on any atom is -0.399 e. The van der Waals surface area contributed by atoms with E-state index in [2.05, 4.69) is 20.9 Å². The number of carbonyl (C=O) groups is 5. The highest BCUT2D eigenvalue weighted by Crippen LogP contribution is 2.30. The quantitative estimate of drug-likeness (QED) is 0.120. The number of nitrogens with one attached hydrogen (secondary N) is 3. The van der Waals surface area contributed by atoms with E-state index in [1.54, 1.807) is 49.2 Å².